The third-order valence-electron chi connectivity index (χ3n) is 2.26. The van der Waals surface area contributed by atoms with E-state index in [0.29, 0.717) is 5.56 Å². The molecule has 5 heteroatoms. The normalized spacial score (nSPS) is 11.6. The maximum Gasteiger partial charge on any atom is 0.446 e. The van der Waals surface area contributed by atoms with Crippen LogP contribution in [-0.4, -0.2) is 5.51 Å². The molecule has 94 valence electrons. The second-order valence-electron chi connectivity index (χ2n) is 3.56. The molecule has 0 aliphatic rings. The highest BCUT2D eigenvalue weighted by Crippen LogP contribution is 2.39. The summed E-state index contributed by atoms with van der Waals surface area (Å²) in [5.74, 6) is -0.864. The highest BCUT2D eigenvalue weighted by atomic mass is 32.2. The average molecular weight is 272 g/mol. The van der Waals surface area contributed by atoms with Crippen LogP contribution in [0.3, 0.4) is 0 Å². The highest BCUT2D eigenvalue weighted by Gasteiger charge is 2.30. The van der Waals surface area contributed by atoms with Crippen molar-refractivity contribution in [3.05, 3.63) is 54.3 Å². The van der Waals surface area contributed by atoms with Gasteiger partial charge in [0.25, 0.3) is 0 Å². The molecule has 0 heterocycles. The fourth-order valence-corrected chi connectivity index (χ4v) is 2.12. The molecule has 0 saturated carbocycles. The molecule has 0 spiro atoms. The van der Waals surface area contributed by atoms with Crippen molar-refractivity contribution in [2.75, 3.05) is 0 Å². The van der Waals surface area contributed by atoms with E-state index >= 15 is 0 Å². The number of hydrogen-bond acceptors (Lipinski definition) is 1. The molecule has 0 atom stereocenters. The summed E-state index contributed by atoms with van der Waals surface area (Å²) in [6.45, 7) is 0. The summed E-state index contributed by atoms with van der Waals surface area (Å²) in [5, 5.41) is 0. The van der Waals surface area contributed by atoms with Crippen molar-refractivity contribution in [3.8, 4) is 11.1 Å². The molecule has 0 unspecified atom stereocenters. The standard InChI is InChI=1S/C13H8F4S/c14-11-7-6-10(9-4-2-1-3-5-9)8-12(11)18-13(15,16)17/h1-8H. The van der Waals surface area contributed by atoms with Crippen LogP contribution in [0, 0.1) is 5.82 Å². The molecule has 2 aromatic rings. The smallest absolute Gasteiger partial charge is 0.206 e. The molecule has 0 amide bonds. The zero-order chi connectivity index (χ0) is 13.2. The van der Waals surface area contributed by atoms with Gasteiger partial charge in [-0.25, -0.2) is 4.39 Å². The molecule has 0 N–H and O–H groups in total. The van der Waals surface area contributed by atoms with Gasteiger partial charge >= 0.3 is 5.51 Å². The molecule has 0 radical (unpaired) electrons. The SMILES string of the molecule is Fc1ccc(-c2ccccc2)cc1SC(F)(F)F. The number of halogens is 4. The lowest BCUT2D eigenvalue weighted by atomic mass is 10.1. The van der Waals surface area contributed by atoms with Gasteiger partial charge in [-0.1, -0.05) is 36.4 Å². The van der Waals surface area contributed by atoms with E-state index in [-0.39, 0.29) is 0 Å². The first-order valence-corrected chi connectivity index (χ1v) is 5.88. The number of alkyl halides is 3. The topological polar surface area (TPSA) is 0 Å². The summed E-state index contributed by atoms with van der Waals surface area (Å²) in [5.41, 5.74) is -3.18. The monoisotopic (exact) mass is 272 g/mol. The summed E-state index contributed by atoms with van der Waals surface area (Å²) in [6.07, 6.45) is 0. The second kappa shape index (κ2) is 5.02. The Labute approximate surface area is 106 Å². The molecule has 2 aromatic carbocycles. The molecule has 18 heavy (non-hydrogen) atoms. The first kappa shape index (κ1) is 13.0. The zero-order valence-corrected chi connectivity index (χ0v) is 9.86. The predicted molar refractivity (Wildman–Crippen MR) is 63.7 cm³/mol. The molecular formula is C13H8F4S. The minimum atomic E-state index is -4.49. The van der Waals surface area contributed by atoms with Crippen LogP contribution in [0.5, 0.6) is 0 Å². The molecule has 0 aromatic heterocycles. The summed E-state index contributed by atoms with van der Waals surface area (Å²) >= 11 is -0.439. The van der Waals surface area contributed by atoms with E-state index in [1.54, 1.807) is 30.3 Å². The Balaban J connectivity index is 2.38. The minimum absolute atomic E-state index is 0.413. The Hall–Kier alpha value is -1.49. The van der Waals surface area contributed by atoms with Gasteiger partial charge in [0.2, 0.25) is 0 Å². The van der Waals surface area contributed by atoms with Crippen LogP contribution in [-0.2, 0) is 0 Å². The zero-order valence-electron chi connectivity index (χ0n) is 9.04. The Morgan fingerprint density at radius 3 is 2.11 bits per heavy atom. The number of thioether (sulfide) groups is 1. The van der Waals surface area contributed by atoms with Gasteiger partial charge in [-0.05, 0) is 35.0 Å². The van der Waals surface area contributed by atoms with Crippen molar-refractivity contribution in [2.24, 2.45) is 0 Å². The summed E-state index contributed by atoms with van der Waals surface area (Å²) in [6, 6.07) is 12.6. The average Bonchev–Trinajstić information content (AvgIpc) is 2.31. The van der Waals surface area contributed by atoms with Gasteiger partial charge in [0, 0.05) is 0 Å². The lowest BCUT2D eigenvalue weighted by Crippen LogP contribution is -2.00. The van der Waals surface area contributed by atoms with Crippen LogP contribution in [0.25, 0.3) is 11.1 Å². The molecule has 0 saturated heterocycles. The first-order valence-electron chi connectivity index (χ1n) is 5.06. The molecular weight excluding hydrogens is 264 g/mol. The van der Waals surface area contributed by atoms with E-state index in [4.69, 9.17) is 0 Å². The quantitative estimate of drug-likeness (QED) is 0.541. The van der Waals surface area contributed by atoms with Gasteiger partial charge in [0.05, 0.1) is 4.90 Å². The van der Waals surface area contributed by atoms with Crippen LogP contribution in [0.1, 0.15) is 0 Å². The molecule has 0 bridgehead atoms. The maximum absolute atomic E-state index is 13.3. The lowest BCUT2D eigenvalue weighted by Gasteiger charge is -2.09. The van der Waals surface area contributed by atoms with Crippen molar-refractivity contribution < 1.29 is 17.6 Å². The Morgan fingerprint density at radius 1 is 0.833 bits per heavy atom. The predicted octanol–water partition coefficient (Wildman–Crippen LogP) is 5.10. The highest BCUT2D eigenvalue weighted by molar-refractivity contribution is 8.00. The van der Waals surface area contributed by atoms with Crippen LogP contribution in [0.2, 0.25) is 0 Å². The Bertz CT molecular complexity index is 534. The van der Waals surface area contributed by atoms with Gasteiger partial charge in [0.15, 0.2) is 0 Å². The van der Waals surface area contributed by atoms with Gasteiger partial charge in [-0.2, -0.15) is 13.2 Å². The van der Waals surface area contributed by atoms with Gasteiger partial charge < -0.3 is 0 Å². The van der Waals surface area contributed by atoms with Crippen LogP contribution >= 0.6 is 11.8 Å². The lowest BCUT2D eigenvalue weighted by molar-refractivity contribution is -0.0329. The van der Waals surface area contributed by atoms with Crippen molar-refractivity contribution in [2.45, 2.75) is 10.4 Å². The van der Waals surface area contributed by atoms with Crippen LogP contribution in [0.4, 0.5) is 17.6 Å². The van der Waals surface area contributed by atoms with Crippen molar-refractivity contribution in [1.82, 2.24) is 0 Å². The van der Waals surface area contributed by atoms with Crippen LogP contribution < -0.4 is 0 Å². The summed E-state index contributed by atoms with van der Waals surface area (Å²) < 4.78 is 50.1. The third-order valence-corrected chi connectivity index (χ3v) is 3.03. The van der Waals surface area contributed by atoms with Crippen molar-refractivity contribution in [3.63, 3.8) is 0 Å². The Kier molecular flexibility index (Phi) is 3.61. The molecule has 0 aliphatic carbocycles. The van der Waals surface area contributed by atoms with E-state index in [0.717, 1.165) is 11.6 Å². The van der Waals surface area contributed by atoms with E-state index in [1.165, 1.54) is 12.1 Å². The third kappa shape index (κ3) is 3.26. The van der Waals surface area contributed by atoms with E-state index in [1.807, 2.05) is 0 Å². The molecule has 0 nitrogen and oxygen atoms in total. The fourth-order valence-electron chi connectivity index (χ4n) is 1.52. The van der Waals surface area contributed by atoms with Gasteiger partial charge in [-0.15, -0.1) is 0 Å². The van der Waals surface area contributed by atoms with Crippen LogP contribution in [0.15, 0.2) is 53.4 Å². The number of rotatable bonds is 2. The molecule has 2 rings (SSSR count). The summed E-state index contributed by atoms with van der Waals surface area (Å²) in [4.78, 5) is -0.413. The van der Waals surface area contributed by atoms with Gasteiger partial charge in [0.1, 0.15) is 5.82 Å². The fraction of sp³-hybridized carbons (Fsp3) is 0.0769. The number of hydrogen-bond donors (Lipinski definition) is 0. The minimum Gasteiger partial charge on any atom is -0.206 e. The molecule has 0 aliphatic heterocycles. The van der Waals surface area contributed by atoms with E-state index < -0.39 is 28.0 Å². The molecule has 0 fully saturated rings. The number of benzene rings is 2. The Morgan fingerprint density at radius 2 is 1.50 bits per heavy atom. The van der Waals surface area contributed by atoms with Crippen molar-refractivity contribution >= 4 is 11.8 Å². The van der Waals surface area contributed by atoms with Crippen molar-refractivity contribution in [1.29, 1.82) is 0 Å². The largest absolute Gasteiger partial charge is 0.446 e. The van der Waals surface area contributed by atoms with E-state index in [2.05, 4.69) is 0 Å². The van der Waals surface area contributed by atoms with Gasteiger partial charge in [-0.3, -0.25) is 0 Å². The first-order chi connectivity index (χ1) is 8.46. The maximum atomic E-state index is 13.3. The summed E-state index contributed by atoms with van der Waals surface area (Å²) in [7, 11) is 0. The second-order valence-corrected chi connectivity index (χ2v) is 4.67. The van der Waals surface area contributed by atoms with E-state index in [9.17, 15) is 17.6 Å².